The van der Waals surface area contributed by atoms with Crippen LogP contribution >= 0.6 is 0 Å². The lowest BCUT2D eigenvalue weighted by Gasteiger charge is -2.16. The SMILES string of the molecule is CCc1cc(-c2cnoc2)cc(-c2ccc(OC)c(F)c2)c1S(C)(=O)=O. The summed E-state index contributed by atoms with van der Waals surface area (Å²) in [6, 6.07) is 7.91. The van der Waals surface area contributed by atoms with E-state index in [2.05, 4.69) is 5.16 Å². The quantitative estimate of drug-likeness (QED) is 0.671. The molecule has 5 nitrogen and oxygen atoms in total. The van der Waals surface area contributed by atoms with Gasteiger partial charge in [0, 0.05) is 17.4 Å². The molecule has 26 heavy (non-hydrogen) atoms. The first-order valence-corrected chi connectivity index (χ1v) is 9.85. The first-order chi connectivity index (χ1) is 12.3. The van der Waals surface area contributed by atoms with Crippen LogP contribution in [0.1, 0.15) is 12.5 Å². The van der Waals surface area contributed by atoms with Gasteiger partial charge < -0.3 is 9.26 Å². The van der Waals surface area contributed by atoms with E-state index in [1.165, 1.54) is 25.5 Å². The van der Waals surface area contributed by atoms with Gasteiger partial charge in [-0.1, -0.05) is 18.1 Å². The Kier molecular flexibility index (Phi) is 4.82. The highest BCUT2D eigenvalue weighted by molar-refractivity contribution is 7.90. The van der Waals surface area contributed by atoms with Gasteiger partial charge in [0.25, 0.3) is 0 Å². The van der Waals surface area contributed by atoms with Crippen LogP contribution in [0.4, 0.5) is 4.39 Å². The second kappa shape index (κ2) is 6.92. The monoisotopic (exact) mass is 375 g/mol. The summed E-state index contributed by atoms with van der Waals surface area (Å²) in [6.45, 7) is 1.87. The number of aryl methyl sites for hydroxylation is 1. The minimum Gasteiger partial charge on any atom is -0.494 e. The molecule has 0 N–H and O–H groups in total. The van der Waals surface area contributed by atoms with Crippen LogP contribution in [0.25, 0.3) is 22.3 Å². The zero-order chi connectivity index (χ0) is 18.9. The van der Waals surface area contributed by atoms with E-state index in [9.17, 15) is 12.8 Å². The van der Waals surface area contributed by atoms with Crippen LogP contribution in [-0.2, 0) is 16.3 Å². The molecule has 136 valence electrons. The molecule has 0 fully saturated rings. The molecule has 7 heteroatoms. The fourth-order valence-electron chi connectivity index (χ4n) is 2.95. The molecular weight excluding hydrogens is 357 g/mol. The number of methoxy groups -OCH3 is 1. The Hall–Kier alpha value is -2.67. The maximum Gasteiger partial charge on any atom is 0.176 e. The number of ether oxygens (including phenoxy) is 1. The minimum absolute atomic E-state index is 0.0977. The number of aromatic nitrogens is 1. The van der Waals surface area contributed by atoms with Gasteiger partial charge in [0.15, 0.2) is 21.4 Å². The molecule has 1 heterocycles. The zero-order valence-electron chi connectivity index (χ0n) is 14.6. The van der Waals surface area contributed by atoms with E-state index >= 15 is 0 Å². The van der Waals surface area contributed by atoms with E-state index in [1.807, 2.05) is 6.92 Å². The summed E-state index contributed by atoms with van der Waals surface area (Å²) in [5, 5.41) is 3.69. The summed E-state index contributed by atoms with van der Waals surface area (Å²) in [5.41, 5.74) is 3.01. The Labute approximate surface area is 151 Å². The molecule has 0 saturated carbocycles. The summed E-state index contributed by atoms with van der Waals surface area (Å²) < 4.78 is 49.0. The first-order valence-electron chi connectivity index (χ1n) is 7.95. The Morgan fingerprint density at radius 2 is 1.92 bits per heavy atom. The molecule has 0 bridgehead atoms. The molecule has 3 aromatic rings. The van der Waals surface area contributed by atoms with Crippen molar-refractivity contribution in [2.45, 2.75) is 18.2 Å². The third-order valence-corrected chi connectivity index (χ3v) is 5.37. The highest BCUT2D eigenvalue weighted by atomic mass is 32.2. The summed E-state index contributed by atoms with van der Waals surface area (Å²) in [4.78, 5) is 0.199. The van der Waals surface area contributed by atoms with Crippen LogP contribution < -0.4 is 4.74 Å². The number of halogens is 1. The van der Waals surface area contributed by atoms with Gasteiger partial charge in [0.1, 0.15) is 6.26 Å². The first kappa shape index (κ1) is 18.1. The highest BCUT2D eigenvalue weighted by Gasteiger charge is 2.21. The Bertz CT molecular complexity index is 1040. The molecule has 0 amide bonds. The summed E-state index contributed by atoms with van der Waals surface area (Å²) in [7, 11) is -2.15. The summed E-state index contributed by atoms with van der Waals surface area (Å²) in [6.07, 6.45) is 4.69. The predicted octanol–water partition coefficient (Wildman–Crippen LogP) is 4.12. The van der Waals surface area contributed by atoms with E-state index in [0.717, 1.165) is 17.4 Å². The fraction of sp³-hybridized carbons (Fsp3) is 0.211. The molecule has 0 aliphatic heterocycles. The van der Waals surface area contributed by atoms with E-state index in [-0.39, 0.29) is 10.6 Å². The molecule has 3 rings (SSSR count). The average molecular weight is 375 g/mol. The molecule has 0 saturated heterocycles. The molecule has 0 unspecified atom stereocenters. The summed E-state index contributed by atoms with van der Waals surface area (Å²) in [5.74, 6) is -0.460. The van der Waals surface area contributed by atoms with Crippen molar-refractivity contribution in [1.29, 1.82) is 0 Å². The molecule has 0 aliphatic rings. The molecule has 0 atom stereocenters. The molecule has 0 spiro atoms. The van der Waals surface area contributed by atoms with Gasteiger partial charge in [-0.15, -0.1) is 0 Å². The van der Waals surface area contributed by atoms with E-state index in [0.29, 0.717) is 23.1 Å². The second-order valence-electron chi connectivity index (χ2n) is 5.90. The van der Waals surface area contributed by atoms with Crippen LogP contribution in [-0.4, -0.2) is 26.9 Å². The van der Waals surface area contributed by atoms with Crippen molar-refractivity contribution in [2.24, 2.45) is 0 Å². The smallest absolute Gasteiger partial charge is 0.176 e. The Morgan fingerprint density at radius 1 is 1.15 bits per heavy atom. The lowest BCUT2D eigenvalue weighted by molar-refractivity contribution is 0.386. The molecule has 1 aromatic heterocycles. The van der Waals surface area contributed by atoms with E-state index in [1.54, 1.807) is 24.4 Å². The number of rotatable bonds is 5. The third kappa shape index (κ3) is 3.35. The number of nitrogens with zero attached hydrogens (tertiary/aromatic N) is 1. The van der Waals surface area contributed by atoms with Crippen LogP contribution in [0.5, 0.6) is 5.75 Å². The highest BCUT2D eigenvalue weighted by Crippen LogP contribution is 2.36. The van der Waals surface area contributed by atoms with Crippen molar-refractivity contribution in [2.75, 3.05) is 13.4 Å². The molecular formula is C19H18FNO4S. The second-order valence-corrected chi connectivity index (χ2v) is 7.85. The molecule has 2 aromatic carbocycles. The lowest BCUT2D eigenvalue weighted by atomic mass is 9.96. The molecule has 0 aliphatic carbocycles. The van der Waals surface area contributed by atoms with Crippen LogP contribution in [0.2, 0.25) is 0 Å². The largest absolute Gasteiger partial charge is 0.494 e. The summed E-state index contributed by atoms with van der Waals surface area (Å²) >= 11 is 0. The van der Waals surface area contributed by atoms with Gasteiger partial charge >= 0.3 is 0 Å². The van der Waals surface area contributed by atoms with E-state index in [4.69, 9.17) is 9.26 Å². The normalized spacial score (nSPS) is 11.5. The van der Waals surface area contributed by atoms with Crippen molar-refractivity contribution in [3.8, 4) is 28.0 Å². The number of sulfone groups is 1. The van der Waals surface area contributed by atoms with Gasteiger partial charge in [-0.25, -0.2) is 12.8 Å². The van der Waals surface area contributed by atoms with Crippen molar-refractivity contribution < 1.29 is 22.1 Å². The van der Waals surface area contributed by atoms with Gasteiger partial charge in [-0.3, -0.25) is 0 Å². The Balaban J connectivity index is 2.34. The maximum atomic E-state index is 14.2. The van der Waals surface area contributed by atoms with Crippen molar-refractivity contribution in [3.05, 3.63) is 54.2 Å². The van der Waals surface area contributed by atoms with Gasteiger partial charge in [0.05, 0.1) is 18.2 Å². The standard InChI is InChI=1S/C19H18FNO4S/c1-4-12-7-14(15-10-21-25-11-15)8-16(19(12)26(3,22)23)13-5-6-18(24-2)17(20)9-13/h5-11H,4H2,1-3H3. The van der Waals surface area contributed by atoms with Gasteiger partial charge in [-0.2, -0.15) is 0 Å². The van der Waals surface area contributed by atoms with Crippen molar-refractivity contribution >= 4 is 9.84 Å². The lowest BCUT2D eigenvalue weighted by Crippen LogP contribution is -2.05. The maximum absolute atomic E-state index is 14.2. The number of benzene rings is 2. The third-order valence-electron chi connectivity index (χ3n) is 4.15. The van der Waals surface area contributed by atoms with Crippen LogP contribution in [0, 0.1) is 5.82 Å². The number of hydrogen-bond donors (Lipinski definition) is 0. The van der Waals surface area contributed by atoms with Crippen molar-refractivity contribution in [3.63, 3.8) is 0 Å². The number of hydrogen-bond acceptors (Lipinski definition) is 5. The van der Waals surface area contributed by atoms with Crippen molar-refractivity contribution in [1.82, 2.24) is 5.16 Å². The van der Waals surface area contributed by atoms with E-state index < -0.39 is 15.7 Å². The average Bonchev–Trinajstić information content (AvgIpc) is 3.14. The van der Waals surface area contributed by atoms with Gasteiger partial charge in [0.2, 0.25) is 0 Å². The minimum atomic E-state index is -3.53. The van der Waals surface area contributed by atoms with Crippen LogP contribution in [0.3, 0.4) is 0 Å². The zero-order valence-corrected chi connectivity index (χ0v) is 15.4. The Morgan fingerprint density at radius 3 is 2.46 bits per heavy atom. The molecule has 0 radical (unpaired) electrons. The fourth-order valence-corrected chi connectivity index (χ4v) is 4.21. The topological polar surface area (TPSA) is 69.4 Å². The van der Waals surface area contributed by atoms with Gasteiger partial charge in [-0.05, 0) is 47.4 Å². The van der Waals surface area contributed by atoms with Crippen LogP contribution in [0.15, 0.2) is 52.2 Å². The predicted molar refractivity (Wildman–Crippen MR) is 96.4 cm³/mol.